The van der Waals surface area contributed by atoms with Gasteiger partial charge in [0.25, 0.3) is 0 Å². The summed E-state index contributed by atoms with van der Waals surface area (Å²) < 4.78 is 53.7. The maximum Gasteiger partial charge on any atom is 0.234 e. The van der Waals surface area contributed by atoms with Crippen LogP contribution in [0.15, 0.2) is 0 Å². The normalized spacial score (nSPS) is 28.8. The van der Waals surface area contributed by atoms with E-state index in [0.717, 1.165) is 38.5 Å². The number of nitrogens with two attached hydrogens (primary N) is 1. The number of aliphatic hydroxyl groups is 1. The number of rotatable bonds is 16. The number of hydrogen-bond donors (Lipinski definition) is 4. The molecule has 0 aromatic rings. The van der Waals surface area contributed by atoms with Crippen LogP contribution in [0.5, 0.6) is 0 Å². The quantitative estimate of drug-likeness (QED) is 0.181. The minimum absolute atomic E-state index is 0.0284. The van der Waals surface area contributed by atoms with Gasteiger partial charge in [0.05, 0.1) is 17.4 Å². The number of amides is 3. The number of nitrogens with one attached hydrogen (secondary N) is 2. The zero-order chi connectivity index (χ0) is 34.7. The standard InChI is InChI=1S/C33H59F2N5O6S/c1-4-11-40(12-5-2)33(44)25-17-24(18-28(19-25)47(36,45)46)32(43)37-29(15-23-13-26(34)20-27(35)14-23)30(41)21-39(3)38-31(42)16-22-9-7-6-8-10-22/h22-30,41H,4-21H2,1-3H3,(H,37,43)(H,38,42)(H2,36,45,46). The van der Waals surface area contributed by atoms with Gasteiger partial charge in [0.2, 0.25) is 27.7 Å². The largest absolute Gasteiger partial charge is 0.390 e. The summed E-state index contributed by atoms with van der Waals surface area (Å²) in [6.07, 6.45) is 3.63. The molecule has 5 N–H and O–H groups in total. The Morgan fingerprint density at radius 2 is 1.49 bits per heavy atom. The smallest absolute Gasteiger partial charge is 0.234 e. The lowest BCUT2D eigenvalue weighted by atomic mass is 9.79. The van der Waals surface area contributed by atoms with Crippen molar-refractivity contribution < 1.29 is 36.7 Å². The molecule has 3 aliphatic carbocycles. The fraction of sp³-hybridized carbons (Fsp3) is 0.909. The van der Waals surface area contributed by atoms with Gasteiger partial charge in [-0.3, -0.25) is 19.8 Å². The first-order valence-electron chi connectivity index (χ1n) is 17.8. The first-order valence-corrected chi connectivity index (χ1v) is 19.4. The summed E-state index contributed by atoms with van der Waals surface area (Å²) in [5, 5.41) is 20.2. The maximum atomic E-state index is 14.3. The molecule has 0 bridgehead atoms. The zero-order valence-corrected chi connectivity index (χ0v) is 29.4. The molecule has 0 saturated heterocycles. The summed E-state index contributed by atoms with van der Waals surface area (Å²) in [7, 11) is -2.44. The highest BCUT2D eigenvalue weighted by atomic mass is 32.2. The van der Waals surface area contributed by atoms with Crippen LogP contribution in [-0.2, 0) is 24.4 Å². The van der Waals surface area contributed by atoms with E-state index in [1.807, 2.05) is 13.8 Å². The second-order valence-electron chi connectivity index (χ2n) is 14.4. The molecular formula is C33H59F2N5O6S. The van der Waals surface area contributed by atoms with Crippen LogP contribution in [0.4, 0.5) is 8.78 Å². The van der Waals surface area contributed by atoms with Gasteiger partial charge in [0, 0.05) is 51.4 Å². The summed E-state index contributed by atoms with van der Waals surface area (Å²) in [6, 6.07) is -0.927. The van der Waals surface area contributed by atoms with Gasteiger partial charge in [-0.2, -0.15) is 0 Å². The molecule has 272 valence electrons. The Morgan fingerprint density at radius 3 is 2.06 bits per heavy atom. The fourth-order valence-electron chi connectivity index (χ4n) is 7.90. The molecule has 3 fully saturated rings. The topological polar surface area (TPSA) is 162 Å². The molecule has 3 aliphatic rings. The van der Waals surface area contributed by atoms with Gasteiger partial charge in [-0.25, -0.2) is 27.3 Å². The van der Waals surface area contributed by atoms with Crippen LogP contribution >= 0.6 is 0 Å². The van der Waals surface area contributed by atoms with E-state index in [0.29, 0.717) is 25.4 Å². The molecule has 11 nitrogen and oxygen atoms in total. The molecule has 0 spiro atoms. The lowest BCUT2D eigenvalue weighted by Crippen LogP contribution is -2.54. The van der Waals surface area contributed by atoms with Crippen molar-refractivity contribution in [2.24, 2.45) is 28.8 Å². The monoisotopic (exact) mass is 691 g/mol. The van der Waals surface area contributed by atoms with Crippen LogP contribution in [0.1, 0.15) is 110 Å². The molecule has 0 aromatic heterocycles. The maximum absolute atomic E-state index is 14.3. The second-order valence-corrected chi connectivity index (χ2v) is 16.3. The van der Waals surface area contributed by atoms with E-state index in [4.69, 9.17) is 5.14 Å². The summed E-state index contributed by atoms with van der Waals surface area (Å²) in [5.41, 5.74) is 2.80. The van der Waals surface area contributed by atoms with Gasteiger partial charge in [-0.15, -0.1) is 0 Å². The molecule has 3 amide bonds. The van der Waals surface area contributed by atoms with Crippen molar-refractivity contribution in [3.63, 3.8) is 0 Å². The molecule has 14 heteroatoms. The van der Waals surface area contributed by atoms with Crippen LogP contribution in [0.2, 0.25) is 0 Å². The Balaban J connectivity index is 1.74. The molecule has 0 radical (unpaired) electrons. The third-order valence-corrected chi connectivity index (χ3v) is 11.5. The van der Waals surface area contributed by atoms with E-state index in [-0.39, 0.29) is 63.3 Å². The number of aliphatic hydroxyl groups excluding tert-OH is 1. The highest BCUT2D eigenvalue weighted by molar-refractivity contribution is 7.89. The SMILES string of the molecule is CCCN(CCC)C(=O)C1CC(C(=O)NC(CC2CC(F)CC(F)C2)C(O)CN(C)NC(=O)CC2CCCCC2)CC(S(N)(=O)=O)C1. The highest BCUT2D eigenvalue weighted by Crippen LogP contribution is 2.35. The van der Waals surface area contributed by atoms with E-state index in [2.05, 4.69) is 10.7 Å². The minimum Gasteiger partial charge on any atom is -0.390 e. The number of hydrazine groups is 1. The van der Waals surface area contributed by atoms with E-state index in [1.54, 1.807) is 11.9 Å². The van der Waals surface area contributed by atoms with Crippen LogP contribution in [0.3, 0.4) is 0 Å². The average Bonchev–Trinajstić information content (AvgIpc) is 2.99. The summed E-state index contributed by atoms with van der Waals surface area (Å²) in [4.78, 5) is 41.7. The van der Waals surface area contributed by atoms with E-state index < -0.39 is 63.4 Å². The van der Waals surface area contributed by atoms with Gasteiger partial charge in [0.15, 0.2) is 0 Å². The van der Waals surface area contributed by atoms with Crippen molar-refractivity contribution in [1.82, 2.24) is 20.7 Å². The molecule has 3 saturated carbocycles. The zero-order valence-electron chi connectivity index (χ0n) is 28.5. The fourth-order valence-corrected chi connectivity index (χ4v) is 8.90. The Bertz CT molecular complexity index is 1110. The summed E-state index contributed by atoms with van der Waals surface area (Å²) in [6.45, 7) is 4.89. The third kappa shape index (κ3) is 12.8. The van der Waals surface area contributed by atoms with Crippen molar-refractivity contribution in [2.45, 2.75) is 140 Å². The van der Waals surface area contributed by atoms with Crippen molar-refractivity contribution in [1.29, 1.82) is 0 Å². The minimum atomic E-state index is -4.06. The van der Waals surface area contributed by atoms with Crippen LogP contribution < -0.4 is 15.9 Å². The Kier molecular flexibility index (Phi) is 15.8. The van der Waals surface area contributed by atoms with Crippen LogP contribution in [0.25, 0.3) is 0 Å². The number of carbonyl (C=O) groups is 3. The van der Waals surface area contributed by atoms with Crippen molar-refractivity contribution in [3.05, 3.63) is 0 Å². The van der Waals surface area contributed by atoms with Crippen LogP contribution in [0, 0.1) is 23.7 Å². The molecule has 3 rings (SSSR count). The second kappa shape index (κ2) is 18.7. The first kappa shape index (κ1) is 39.5. The predicted molar refractivity (Wildman–Crippen MR) is 177 cm³/mol. The van der Waals surface area contributed by atoms with Crippen molar-refractivity contribution in [2.75, 3.05) is 26.7 Å². The van der Waals surface area contributed by atoms with Gasteiger partial charge >= 0.3 is 0 Å². The number of hydrogen-bond acceptors (Lipinski definition) is 7. The predicted octanol–water partition coefficient (Wildman–Crippen LogP) is 3.35. The molecular weight excluding hydrogens is 632 g/mol. The van der Waals surface area contributed by atoms with E-state index >= 15 is 0 Å². The molecule has 0 aromatic carbocycles. The van der Waals surface area contributed by atoms with Crippen molar-refractivity contribution >= 4 is 27.7 Å². The van der Waals surface area contributed by atoms with E-state index in [1.165, 1.54) is 11.4 Å². The Hall–Kier alpha value is -1.90. The molecule has 7 unspecified atom stereocenters. The van der Waals surface area contributed by atoms with E-state index in [9.17, 15) is 36.7 Å². The number of nitrogens with zero attached hydrogens (tertiary/aromatic N) is 2. The van der Waals surface area contributed by atoms with Gasteiger partial charge in [-0.1, -0.05) is 33.1 Å². The lowest BCUT2D eigenvalue weighted by Gasteiger charge is -2.37. The molecule has 0 heterocycles. The van der Waals surface area contributed by atoms with Gasteiger partial charge in [0.1, 0.15) is 12.3 Å². The van der Waals surface area contributed by atoms with Gasteiger partial charge < -0.3 is 15.3 Å². The summed E-state index contributed by atoms with van der Waals surface area (Å²) in [5.74, 6) is -2.60. The Morgan fingerprint density at radius 1 is 0.894 bits per heavy atom. The number of carbonyl (C=O) groups excluding carboxylic acids is 3. The van der Waals surface area contributed by atoms with Gasteiger partial charge in [-0.05, 0) is 76.0 Å². The average molecular weight is 692 g/mol. The third-order valence-electron chi connectivity index (χ3n) is 10.2. The lowest BCUT2D eigenvalue weighted by molar-refractivity contribution is -0.138. The number of halogens is 2. The number of alkyl halides is 2. The summed E-state index contributed by atoms with van der Waals surface area (Å²) >= 11 is 0. The number of sulfonamides is 1. The van der Waals surface area contributed by atoms with Crippen LogP contribution in [-0.4, -0.2) is 97.6 Å². The number of primary sulfonamides is 1. The highest BCUT2D eigenvalue weighted by Gasteiger charge is 2.42. The number of likely N-dealkylation sites (N-methyl/N-ethyl adjacent to an activating group) is 1. The first-order chi connectivity index (χ1) is 22.2. The molecule has 0 aliphatic heterocycles. The molecule has 7 atom stereocenters. The molecule has 47 heavy (non-hydrogen) atoms. The van der Waals surface area contributed by atoms with Crippen molar-refractivity contribution in [3.8, 4) is 0 Å². The Labute approximate surface area is 280 Å².